The maximum atomic E-state index is 13.7. The molecule has 0 unspecified atom stereocenters. The number of hydrogen-bond acceptors (Lipinski definition) is 20. The van der Waals surface area contributed by atoms with Gasteiger partial charge in [0.25, 0.3) is 49.5 Å². The van der Waals surface area contributed by atoms with E-state index in [1.165, 1.54) is 40.3 Å². The van der Waals surface area contributed by atoms with Crippen molar-refractivity contribution in [2.75, 3.05) is 78.5 Å². The Labute approximate surface area is 561 Å². The molecule has 15 rings (SSSR count). The van der Waals surface area contributed by atoms with Gasteiger partial charge in [0.1, 0.15) is 12.4 Å². The number of carbonyl (C=O) groups excluding carboxylic acids is 1. The van der Waals surface area contributed by atoms with E-state index in [-0.39, 0.29) is 40.0 Å². The Bertz CT molecular complexity index is 4980. The number of anilines is 1. The van der Waals surface area contributed by atoms with E-state index >= 15 is 0 Å². The molecule has 30 heteroatoms. The molecule has 0 atom stereocenters. The summed E-state index contributed by atoms with van der Waals surface area (Å²) in [5, 5.41) is 44.2. The van der Waals surface area contributed by atoms with Crippen LogP contribution in [-0.4, -0.2) is 187 Å². The Morgan fingerprint density at radius 3 is 1.34 bits per heavy atom. The molecule has 5 aromatic heterocycles. The summed E-state index contributed by atoms with van der Waals surface area (Å²) in [4.78, 5) is 45.8. The first-order valence-corrected chi connectivity index (χ1v) is 35.3. The van der Waals surface area contributed by atoms with Crippen LogP contribution >= 0.6 is 11.3 Å². The molecule has 0 saturated heterocycles. The van der Waals surface area contributed by atoms with E-state index < -0.39 is 30.1 Å². The fourth-order valence-electron chi connectivity index (χ4n) is 11.4. The fraction of sp³-hybridized carbons (Fsp3) is 0.224. The van der Waals surface area contributed by atoms with Crippen molar-refractivity contribution in [1.29, 1.82) is 0 Å². The molecule has 0 bridgehead atoms. The highest BCUT2D eigenvalue weighted by Crippen LogP contribution is 2.38. The molecule has 0 aliphatic carbocycles. The van der Waals surface area contributed by atoms with Gasteiger partial charge >= 0.3 is 0 Å². The van der Waals surface area contributed by atoms with Gasteiger partial charge in [-0.2, -0.15) is 52.8 Å². The lowest BCUT2D eigenvalue weighted by molar-refractivity contribution is -0.123. The summed E-state index contributed by atoms with van der Waals surface area (Å²) in [6.07, 6.45) is 10.4. The molecular formula is C67H67N11O15S4. The Hall–Kier alpha value is -10.2. The smallest absolute Gasteiger partial charge is 0.290 e. The minimum absolute atomic E-state index is 0.0603. The molecule has 26 nitrogen and oxygen atoms in total. The van der Waals surface area contributed by atoms with E-state index in [1.807, 2.05) is 72.1 Å². The zero-order chi connectivity index (χ0) is 69.2. The lowest BCUT2D eigenvalue weighted by Crippen LogP contribution is -2.36. The van der Waals surface area contributed by atoms with E-state index in [0.717, 1.165) is 121 Å². The molecular weight excluding hydrogens is 1330 g/mol. The number of thiophene rings is 1. The van der Waals surface area contributed by atoms with Gasteiger partial charge in [-0.3, -0.25) is 19.2 Å². The number of amides is 1. The van der Waals surface area contributed by atoms with Crippen molar-refractivity contribution in [3.8, 4) is 5.75 Å². The highest BCUT2D eigenvalue weighted by atomic mass is 32.2. The van der Waals surface area contributed by atoms with Crippen LogP contribution in [0.1, 0.15) is 43.3 Å². The molecule has 504 valence electrons. The molecule has 4 aliphatic heterocycles. The van der Waals surface area contributed by atoms with E-state index in [4.69, 9.17) is 39.0 Å². The Balaban J connectivity index is 0.000000149. The third-order valence-electron chi connectivity index (χ3n) is 16.3. The van der Waals surface area contributed by atoms with E-state index in [1.54, 1.807) is 59.9 Å². The summed E-state index contributed by atoms with van der Waals surface area (Å²) in [6.45, 7) is 6.68. The van der Waals surface area contributed by atoms with Gasteiger partial charge in [0.15, 0.2) is 5.58 Å². The second-order valence-electron chi connectivity index (χ2n) is 22.5. The molecule has 6 aromatic carbocycles. The zero-order valence-corrected chi connectivity index (χ0v) is 56.2. The number of fused-ring (bicyclic) bond motifs is 6. The summed E-state index contributed by atoms with van der Waals surface area (Å²) >= 11 is 1.60. The van der Waals surface area contributed by atoms with Crippen LogP contribution in [0.5, 0.6) is 5.75 Å². The Kier molecular flexibility index (Phi) is 21.7. The monoisotopic (exact) mass is 1390 g/mol. The number of hydrogen-bond donors (Lipinski definition) is 3. The van der Waals surface area contributed by atoms with E-state index in [0.29, 0.717) is 57.8 Å². The molecule has 11 aromatic rings. The maximum absolute atomic E-state index is 13.7. The fourth-order valence-corrected chi connectivity index (χ4v) is 16.2. The highest BCUT2D eigenvalue weighted by molar-refractivity contribution is 7.90. The molecule has 9 heterocycles. The van der Waals surface area contributed by atoms with Crippen LogP contribution in [0, 0.1) is 0 Å². The second kappa shape index (κ2) is 30.3. The normalized spacial score (nSPS) is 15.2. The molecule has 0 fully saturated rings. The summed E-state index contributed by atoms with van der Waals surface area (Å²) in [5.41, 5.74) is 8.15. The molecule has 3 N–H and O–H groups in total. The number of nitrogens with zero attached hydrogens (tertiary/aromatic N) is 11. The number of carboxylic acid groups (broad SMARTS) is 3. The number of ether oxygens (including phenoxy) is 1. The van der Waals surface area contributed by atoms with Crippen LogP contribution in [-0.2, 0) is 49.2 Å². The number of aromatic nitrogens is 7. The quantitative estimate of drug-likeness (QED) is 0.113. The molecule has 97 heavy (non-hydrogen) atoms. The number of rotatable bonds is 9. The summed E-state index contributed by atoms with van der Waals surface area (Å²) < 4.78 is 96.2. The van der Waals surface area contributed by atoms with Gasteiger partial charge in [0.05, 0.1) is 66.7 Å². The first-order chi connectivity index (χ1) is 46.7. The Morgan fingerprint density at radius 2 is 0.918 bits per heavy atom. The van der Waals surface area contributed by atoms with Crippen LogP contribution in [0.3, 0.4) is 0 Å². The van der Waals surface area contributed by atoms with Gasteiger partial charge in [0.2, 0.25) is 5.91 Å². The number of para-hydroxylation sites is 3. The van der Waals surface area contributed by atoms with Crippen molar-refractivity contribution in [3.63, 3.8) is 0 Å². The van der Waals surface area contributed by atoms with Crippen LogP contribution in [0.2, 0.25) is 0 Å². The maximum Gasteiger partial charge on any atom is 0.290 e. The number of likely N-dealkylation sites (N-methyl/N-ethyl adjacent to an activating group) is 3. The standard InChI is InChI=1S/C23H24N4O4S.C21H19N3O2S2.C20H18N4O3S.3CH2O2/c1-16(28)26-13-14-31-22-8-7-18(15-21(22)26)32(29,30)27-20-6-4-3-5-19(20)23(24-27)17-9-11-25(2)12-10-17;1-23-11-8-15(9-12-23)21-18-4-2-3-5-19(18)24(22-21)28(25,26)17-6-7-20-16(14-17)10-13-27-20;1-23-10-8-14(9-11-23)20-17-4-2-3-5-18(17)24(22-20)28(25,26)16-6-7-19-15(12-16)13-21-27-19;3*2-1-3/h3-9,15H,10-14H2,1-2H3;2-8,10,13-14H,9,11-12H2,1H3;2-8,12-13H,9-11H2,1H3;3*1H,(H,2,3). The van der Waals surface area contributed by atoms with Crippen molar-refractivity contribution in [3.05, 3.63) is 180 Å². The summed E-state index contributed by atoms with van der Waals surface area (Å²) in [5.74, 6) is 0.332. The van der Waals surface area contributed by atoms with Gasteiger partial charge in [-0.1, -0.05) is 78.0 Å². The largest absolute Gasteiger partial charge is 0.490 e. The predicted molar refractivity (Wildman–Crippen MR) is 369 cm³/mol. The highest BCUT2D eigenvalue weighted by Gasteiger charge is 2.31. The zero-order valence-electron chi connectivity index (χ0n) is 52.9. The predicted octanol–water partition coefficient (Wildman–Crippen LogP) is 9.18. The van der Waals surface area contributed by atoms with Crippen LogP contribution in [0.4, 0.5) is 5.69 Å². The average Bonchev–Trinajstić information content (AvgIpc) is 1.64. The topological polar surface area (TPSA) is 333 Å². The minimum Gasteiger partial charge on any atom is -0.490 e. The Morgan fingerprint density at radius 1 is 0.515 bits per heavy atom. The molecule has 4 aliphatic rings. The molecule has 1 amide bonds. The summed E-state index contributed by atoms with van der Waals surface area (Å²) in [7, 11) is -5.46. The third-order valence-corrected chi connectivity index (χ3v) is 22.0. The number of carbonyl (C=O) groups is 4. The van der Waals surface area contributed by atoms with Gasteiger partial charge in [-0.05, 0) is 147 Å². The van der Waals surface area contributed by atoms with Crippen LogP contribution in [0.15, 0.2) is 182 Å². The van der Waals surface area contributed by atoms with Crippen LogP contribution < -0.4 is 9.64 Å². The summed E-state index contributed by atoms with van der Waals surface area (Å²) in [6, 6.07) is 38.8. The van der Waals surface area contributed by atoms with E-state index in [9.17, 15) is 30.0 Å². The average molecular weight is 1390 g/mol. The van der Waals surface area contributed by atoms with Crippen molar-refractivity contribution >= 4 is 143 Å². The molecule has 0 spiro atoms. The van der Waals surface area contributed by atoms with Gasteiger partial charge in [-0.15, -0.1) is 11.3 Å². The third kappa shape index (κ3) is 14.8. The lowest BCUT2D eigenvalue weighted by atomic mass is 10.0. The van der Waals surface area contributed by atoms with Crippen molar-refractivity contribution in [1.82, 2.24) is 47.4 Å². The van der Waals surface area contributed by atoms with Crippen molar-refractivity contribution in [2.24, 2.45) is 0 Å². The SMILES string of the molecule is CC(=O)N1CCOc2ccc(S(=O)(=O)n3nc(C4=CCN(C)CC4)c4ccccc43)cc21.CN1CC=C(c2nn(S(=O)(=O)c3ccc4oncc4c3)c3ccccc23)CC1.CN1CC=C(c2nn(S(=O)(=O)c3ccc4sccc4c3)c3ccccc23)CC1.O=CO.O=CO.O=CO. The van der Waals surface area contributed by atoms with Crippen molar-refractivity contribution < 1.29 is 69.0 Å². The van der Waals surface area contributed by atoms with Gasteiger partial charge in [-0.25, -0.2) is 0 Å². The van der Waals surface area contributed by atoms with Gasteiger partial charge in [0, 0.05) is 72.4 Å². The van der Waals surface area contributed by atoms with E-state index in [2.05, 4.69) is 74.5 Å². The molecule has 0 radical (unpaired) electrons. The van der Waals surface area contributed by atoms with Crippen LogP contribution in [0.25, 0.3) is 70.5 Å². The van der Waals surface area contributed by atoms with Crippen molar-refractivity contribution in [2.45, 2.75) is 40.9 Å². The number of benzene rings is 6. The first kappa shape index (κ1) is 69.6. The lowest BCUT2D eigenvalue weighted by Gasteiger charge is -2.29. The van der Waals surface area contributed by atoms with Gasteiger partial charge < -0.3 is 44.2 Å². The molecule has 0 saturated carbocycles. The first-order valence-electron chi connectivity index (χ1n) is 30.1. The second-order valence-corrected chi connectivity index (χ2v) is 28.7. The minimum atomic E-state index is -4.00.